The molecule has 0 radical (unpaired) electrons. The zero-order valence-electron chi connectivity index (χ0n) is 103. The molecule has 0 atom stereocenters. The molecule has 0 aromatic carbocycles. The van der Waals surface area contributed by atoms with Gasteiger partial charge in [0.25, 0.3) is 0 Å². The van der Waals surface area contributed by atoms with Crippen LogP contribution in [-0.4, -0.2) is 162 Å². The van der Waals surface area contributed by atoms with Gasteiger partial charge in [-0.1, -0.05) is 358 Å². The summed E-state index contributed by atoms with van der Waals surface area (Å²) in [7, 11) is 0. The Bertz CT molecular complexity index is 3950. The standard InChI is InChI=1S/C21H37NO.C21H39NO.C20H37NO.C19H35NO.C18H33NO.C17H31NO.C16H29NO/c1-4-5-6-7-11-14-20(23)19-17-22(16-15-21(19,2)3)18-12-9-8-10-13-18;1-7-8-9-10-11-12-13-14-19(23)18-17-22(20(2,3)4)16-15-21(18,5)6;1-5-7-8-9-10-11-12-13-15-21-16-14-20(3,4)18(17-21)19(22)6-2;1-7-8-9-10-11-12-17(21)16-15-20(18(2,3)4)14-13-19(16,5)6;1-6-7-8-9-10-11-17(20)16-14-19(15(2)3)13-12-18(16,4)5;1-7-8-9-10-15(19)14-13-18(16(2,3)4)12-11-17(14,5)6;1-6-7-8-9-15(18)14-12-17(13(2)3)11-10-16(14,4)5/h17-18H,4-16H2,1-3H3;17H,7-16H2,1-6H3;17H,5-16H2,1-4H3;15H,7-14H2,1-6H3;14-15H,6-13H2,1-5H3;13H,7-12H2,1-6H3;12-13H,6-11H2,1-5H3. The molecule has 0 saturated heterocycles. The highest BCUT2D eigenvalue weighted by molar-refractivity contribution is 6.00. The number of hydrogen-bond donors (Lipinski definition) is 0. The van der Waals surface area contributed by atoms with Crippen molar-refractivity contribution in [2.75, 3.05) is 52.4 Å². The van der Waals surface area contributed by atoms with Crippen LogP contribution in [0.1, 0.15) is 595 Å². The SMILES string of the molecule is CCCCCC(=O)C1=CN(C(C)(C)C)CCC1(C)C.CCCCCC(=O)C1=CN(C(C)C)CCC1(C)C.CCCCCCCC(=O)C1=CN(C(C)(C)C)CCC1(C)C.CCCCCCCC(=O)C1=CN(C(C)C)CCC1(C)C.CCCCCCCC(=O)C1=CN(C2CCCCC2)CCC1(C)C.CCCCCCCCCC(=O)C1=CN(C(C)(C)C)CCC1(C)C.CCCCCCCCCCN1C=C(C(=O)CC)C(C)(C)CC1. The average molecular weight is 2040 g/mol. The maximum Gasteiger partial charge on any atom is 0.160 e. The smallest absolute Gasteiger partial charge is 0.160 e. The zero-order valence-corrected chi connectivity index (χ0v) is 103. The minimum Gasteiger partial charge on any atom is -0.377 e. The average Bonchev–Trinajstić information content (AvgIpc) is 0.797. The Balaban J connectivity index is 0.000000576. The minimum absolute atomic E-state index is 0.0277. The highest BCUT2D eigenvalue weighted by Gasteiger charge is 2.42. The van der Waals surface area contributed by atoms with Gasteiger partial charge < -0.3 is 34.3 Å². The van der Waals surface area contributed by atoms with Crippen molar-refractivity contribution in [3.8, 4) is 0 Å². The molecule has 14 nitrogen and oxygen atoms in total. The first-order valence-corrected chi connectivity index (χ1v) is 61.5. The number of unbranched alkanes of at least 4 members (excludes halogenated alkanes) is 29. The van der Waals surface area contributed by atoms with Crippen LogP contribution >= 0.6 is 0 Å². The summed E-state index contributed by atoms with van der Waals surface area (Å²) in [4.78, 5) is 104. The van der Waals surface area contributed by atoms with Crippen LogP contribution in [0.25, 0.3) is 0 Å². The summed E-state index contributed by atoms with van der Waals surface area (Å²) in [6.45, 7) is 85.9. The molecule has 8 aliphatic rings. The third kappa shape index (κ3) is 51.9. The highest BCUT2D eigenvalue weighted by atomic mass is 16.2. The lowest BCUT2D eigenvalue weighted by Crippen LogP contribution is -2.44. The van der Waals surface area contributed by atoms with Crippen LogP contribution in [0.5, 0.6) is 0 Å². The van der Waals surface area contributed by atoms with Gasteiger partial charge in [-0.2, -0.15) is 0 Å². The molecule has 846 valence electrons. The summed E-state index contributed by atoms with van der Waals surface area (Å²) in [5.41, 5.74) is 7.96. The second kappa shape index (κ2) is 69.3. The van der Waals surface area contributed by atoms with Gasteiger partial charge in [-0.05, 0) is 231 Å². The summed E-state index contributed by atoms with van der Waals surface area (Å²) >= 11 is 0. The van der Waals surface area contributed by atoms with Crippen LogP contribution in [0.2, 0.25) is 0 Å². The van der Waals surface area contributed by atoms with E-state index in [1.54, 1.807) is 0 Å². The van der Waals surface area contributed by atoms with Crippen molar-refractivity contribution in [1.29, 1.82) is 0 Å². The van der Waals surface area contributed by atoms with Crippen LogP contribution in [-0.2, 0) is 33.6 Å². The highest BCUT2D eigenvalue weighted by Crippen LogP contribution is 2.45. The number of carbonyl (C=O) groups excluding carboxylic acids is 7. The first-order chi connectivity index (χ1) is 68.4. The van der Waals surface area contributed by atoms with Crippen molar-refractivity contribution in [2.24, 2.45) is 37.9 Å². The molecule has 0 bridgehead atoms. The van der Waals surface area contributed by atoms with Gasteiger partial charge >= 0.3 is 0 Å². The normalized spacial score (nSPS) is 19.0. The van der Waals surface area contributed by atoms with Crippen molar-refractivity contribution in [1.82, 2.24) is 34.3 Å². The molecule has 7 heterocycles. The number of rotatable bonds is 54. The van der Waals surface area contributed by atoms with Crippen molar-refractivity contribution in [3.05, 3.63) is 82.4 Å². The summed E-state index contributed by atoms with van der Waals surface area (Å²) in [6.07, 6.45) is 79.1. The van der Waals surface area contributed by atoms with Gasteiger partial charge in [0.15, 0.2) is 40.5 Å². The molecular weight excluding hydrogens is 1800 g/mol. The predicted octanol–water partition coefficient (Wildman–Crippen LogP) is 36.7. The third-order valence-corrected chi connectivity index (χ3v) is 33.3. The molecule has 0 spiro atoms. The van der Waals surface area contributed by atoms with Gasteiger partial charge in [-0.15, -0.1) is 0 Å². The molecular formula is C132H241N7O7. The zero-order chi connectivity index (χ0) is 110. The Kier molecular flexibility index (Phi) is 64.8. The maximum absolute atomic E-state index is 12.8. The van der Waals surface area contributed by atoms with Crippen LogP contribution < -0.4 is 0 Å². The second-order valence-corrected chi connectivity index (χ2v) is 53.6. The lowest BCUT2D eigenvalue weighted by molar-refractivity contribution is -0.118. The molecule has 0 amide bonds. The van der Waals surface area contributed by atoms with Gasteiger partial charge in [0, 0.05) is 214 Å². The Morgan fingerprint density at radius 2 is 0.466 bits per heavy atom. The fourth-order valence-electron chi connectivity index (χ4n) is 21.5. The third-order valence-electron chi connectivity index (χ3n) is 33.3. The summed E-state index contributed by atoms with van der Waals surface area (Å²) < 4.78 is 0. The van der Waals surface area contributed by atoms with Crippen LogP contribution in [0.3, 0.4) is 0 Å². The summed E-state index contributed by atoms with van der Waals surface area (Å²) in [6, 6.07) is 1.66. The van der Waals surface area contributed by atoms with E-state index < -0.39 is 0 Å². The fourth-order valence-corrected chi connectivity index (χ4v) is 21.5. The Labute approximate surface area is 905 Å². The van der Waals surface area contributed by atoms with Crippen LogP contribution in [0.4, 0.5) is 0 Å². The van der Waals surface area contributed by atoms with E-state index in [4.69, 9.17) is 0 Å². The molecule has 1 aliphatic carbocycles. The molecule has 0 aromatic heterocycles. The summed E-state index contributed by atoms with van der Waals surface area (Å²) in [5, 5.41) is 0. The Morgan fingerprint density at radius 3 is 0.726 bits per heavy atom. The van der Waals surface area contributed by atoms with E-state index in [0.29, 0.717) is 71.4 Å². The van der Waals surface area contributed by atoms with Gasteiger partial charge in [0.05, 0.1) is 0 Å². The van der Waals surface area contributed by atoms with Crippen LogP contribution in [0.15, 0.2) is 82.4 Å². The number of allylic oxidation sites excluding steroid dienone is 7. The Hall–Kier alpha value is -5.53. The first kappa shape index (κ1) is 137. The van der Waals surface area contributed by atoms with E-state index in [1.807, 2.05) is 6.92 Å². The largest absolute Gasteiger partial charge is 0.377 e. The molecule has 146 heavy (non-hydrogen) atoms. The van der Waals surface area contributed by atoms with E-state index in [2.05, 4.69) is 313 Å². The lowest BCUT2D eigenvalue weighted by atomic mass is 9.76. The van der Waals surface area contributed by atoms with Gasteiger partial charge in [-0.25, -0.2) is 0 Å². The molecule has 14 heteroatoms. The van der Waals surface area contributed by atoms with E-state index >= 15 is 0 Å². The van der Waals surface area contributed by atoms with Gasteiger partial charge in [0.2, 0.25) is 0 Å². The topological polar surface area (TPSA) is 142 Å². The van der Waals surface area contributed by atoms with Gasteiger partial charge in [0.1, 0.15) is 0 Å². The molecule has 8 rings (SSSR count). The number of ketones is 7. The number of carbonyl (C=O) groups is 7. The molecule has 1 fully saturated rings. The van der Waals surface area contributed by atoms with E-state index in [-0.39, 0.29) is 54.5 Å². The van der Waals surface area contributed by atoms with Gasteiger partial charge in [-0.3, -0.25) is 33.6 Å². The van der Waals surface area contributed by atoms with E-state index in [9.17, 15) is 33.6 Å². The number of hydrogen-bond acceptors (Lipinski definition) is 14. The van der Waals surface area contributed by atoms with Crippen molar-refractivity contribution >= 4 is 40.5 Å². The van der Waals surface area contributed by atoms with Crippen molar-refractivity contribution in [3.63, 3.8) is 0 Å². The fraction of sp³-hybridized carbons (Fsp3) is 0.841. The molecule has 1 saturated carbocycles. The molecule has 0 unspecified atom stereocenters. The summed E-state index contributed by atoms with van der Waals surface area (Å²) in [5.74, 6) is 2.56. The monoisotopic (exact) mass is 2040 g/mol. The Morgan fingerprint density at radius 1 is 0.253 bits per heavy atom. The first-order valence-electron chi connectivity index (χ1n) is 61.5. The molecule has 0 N–H and O–H groups in total. The number of nitrogens with zero attached hydrogens (tertiary/aromatic N) is 7. The quantitative estimate of drug-likeness (QED) is 0.0533. The molecule has 7 aliphatic heterocycles. The lowest BCUT2D eigenvalue weighted by Gasteiger charge is -2.43. The van der Waals surface area contributed by atoms with Crippen molar-refractivity contribution < 1.29 is 33.6 Å². The van der Waals surface area contributed by atoms with E-state index in [0.717, 1.165) is 220 Å². The number of Topliss-reactive ketones (excluding diaryl/α,β-unsaturated/α-hetero) is 7. The molecule has 0 aromatic rings. The second-order valence-electron chi connectivity index (χ2n) is 53.6. The minimum atomic E-state index is 0.0277. The van der Waals surface area contributed by atoms with Crippen molar-refractivity contribution in [2.45, 2.75) is 630 Å². The van der Waals surface area contributed by atoms with E-state index in [1.165, 1.54) is 212 Å². The van der Waals surface area contributed by atoms with Crippen LogP contribution in [0, 0.1) is 37.9 Å². The predicted molar refractivity (Wildman–Crippen MR) is 633 cm³/mol. The maximum atomic E-state index is 12.8.